The Labute approximate surface area is 80.1 Å². The average molecular weight is 176 g/mol. The maximum atomic E-state index is 3.93. The molecule has 0 saturated carbocycles. The first-order valence-electron chi connectivity index (χ1n) is 4.57. The van der Waals surface area contributed by atoms with Crippen molar-refractivity contribution in [2.75, 3.05) is 7.05 Å². The molecule has 0 fully saturated rings. The van der Waals surface area contributed by atoms with Crippen LogP contribution in [0.3, 0.4) is 0 Å². The lowest BCUT2D eigenvalue weighted by atomic mass is 10.3. The zero-order chi connectivity index (χ0) is 9.84. The Bertz CT molecular complexity index is 284. The molecule has 0 aromatic heterocycles. The number of hydrogen-bond donors (Lipinski definition) is 0. The zero-order valence-electron chi connectivity index (χ0n) is 8.49. The van der Waals surface area contributed by atoms with E-state index in [9.17, 15) is 0 Å². The highest BCUT2D eigenvalue weighted by atomic mass is 15.4. The number of nitrogens with zero attached hydrogens (tertiary/aromatic N) is 2. The molecule has 2 aliphatic heterocycles. The molecule has 0 bridgehead atoms. The molecule has 0 aromatic carbocycles. The molecule has 2 rings (SSSR count). The molecule has 0 atom stereocenters. The van der Waals surface area contributed by atoms with Crippen molar-refractivity contribution in [3.63, 3.8) is 0 Å². The summed E-state index contributed by atoms with van der Waals surface area (Å²) in [5.74, 6) is 1.00. The molecule has 2 aliphatic rings. The molecule has 0 N–H and O–H groups in total. The summed E-state index contributed by atoms with van der Waals surface area (Å²) in [4.78, 5) is 4.06. The highest BCUT2D eigenvalue weighted by molar-refractivity contribution is 5.35. The molecule has 0 saturated heterocycles. The van der Waals surface area contributed by atoms with Crippen LogP contribution in [0.1, 0.15) is 13.8 Å². The Morgan fingerprint density at radius 3 is 2.54 bits per heavy atom. The number of fused-ring (bicyclic) bond motifs is 1. The van der Waals surface area contributed by atoms with E-state index in [0.717, 1.165) is 5.82 Å². The van der Waals surface area contributed by atoms with Crippen molar-refractivity contribution in [3.8, 4) is 0 Å². The number of hydrogen-bond acceptors (Lipinski definition) is 2. The van der Waals surface area contributed by atoms with Gasteiger partial charge in [-0.1, -0.05) is 26.5 Å². The lowest BCUT2D eigenvalue weighted by Crippen LogP contribution is -2.16. The fourth-order valence-corrected chi connectivity index (χ4v) is 1.24. The van der Waals surface area contributed by atoms with Crippen molar-refractivity contribution in [3.05, 3.63) is 48.7 Å². The maximum Gasteiger partial charge on any atom is 0.109 e. The minimum absolute atomic E-state index is 1.00. The Hall–Kier alpha value is -1.44. The molecule has 70 valence electrons. The van der Waals surface area contributed by atoms with Crippen LogP contribution in [0.2, 0.25) is 0 Å². The minimum Gasteiger partial charge on any atom is -0.336 e. The quantitative estimate of drug-likeness (QED) is 0.560. The molecule has 0 amide bonds. The normalized spacial score (nSPS) is 18.1. The van der Waals surface area contributed by atoms with E-state index in [1.54, 1.807) is 0 Å². The molecule has 2 nitrogen and oxygen atoms in total. The van der Waals surface area contributed by atoms with Crippen molar-refractivity contribution < 1.29 is 0 Å². The van der Waals surface area contributed by atoms with E-state index in [-0.39, 0.29) is 0 Å². The molecular formula is C11H16N2. The fourth-order valence-electron chi connectivity index (χ4n) is 1.24. The standard InChI is InChI=1S/C9H10N2.C2H6/c1-8-10(2)7-9-5-3-4-6-11(8)9;1-2/h3-7H,1H2,2H3;1-2H3. The largest absolute Gasteiger partial charge is 0.336 e. The number of allylic oxidation sites excluding steroid dienone is 3. The van der Waals surface area contributed by atoms with Gasteiger partial charge in [0.2, 0.25) is 0 Å². The van der Waals surface area contributed by atoms with Gasteiger partial charge < -0.3 is 9.80 Å². The van der Waals surface area contributed by atoms with Gasteiger partial charge in [-0.2, -0.15) is 0 Å². The van der Waals surface area contributed by atoms with Crippen molar-refractivity contribution in [2.45, 2.75) is 13.8 Å². The van der Waals surface area contributed by atoms with Gasteiger partial charge in [0.15, 0.2) is 0 Å². The van der Waals surface area contributed by atoms with E-state index < -0.39 is 0 Å². The lowest BCUT2D eigenvalue weighted by molar-refractivity contribution is 0.469. The van der Waals surface area contributed by atoms with E-state index in [2.05, 4.69) is 23.8 Å². The minimum atomic E-state index is 1.00. The van der Waals surface area contributed by atoms with Gasteiger partial charge >= 0.3 is 0 Å². The summed E-state index contributed by atoms with van der Waals surface area (Å²) < 4.78 is 0. The molecule has 2 heteroatoms. The second kappa shape index (κ2) is 3.99. The fraction of sp³-hybridized carbons (Fsp3) is 0.273. The monoisotopic (exact) mass is 176 g/mol. The molecular weight excluding hydrogens is 160 g/mol. The zero-order valence-corrected chi connectivity index (χ0v) is 8.49. The van der Waals surface area contributed by atoms with Gasteiger partial charge in [-0.3, -0.25) is 0 Å². The van der Waals surface area contributed by atoms with Crippen LogP contribution in [0.4, 0.5) is 0 Å². The molecule has 0 aromatic rings. The third-order valence-corrected chi connectivity index (χ3v) is 1.90. The smallest absolute Gasteiger partial charge is 0.109 e. The van der Waals surface area contributed by atoms with Crippen molar-refractivity contribution >= 4 is 0 Å². The number of rotatable bonds is 0. The summed E-state index contributed by atoms with van der Waals surface area (Å²) in [7, 11) is 2.00. The molecule has 0 radical (unpaired) electrons. The van der Waals surface area contributed by atoms with Crippen LogP contribution in [0.15, 0.2) is 48.7 Å². The topological polar surface area (TPSA) is 6.48 Å². The first-order chi connectivity index (χ1) is 6.29. The Kier molecular flexibility index (Phi) is 2.96. The highest BCUT2D eigenvalue weighted by Gasteiger charge is 2.19. The Morgan fingerprint density at radius 1 is 1.23 bits per heavy atom. The Morgan fingerprint density at radius 2 is 1.92 bits per heavy atom. The summed E-state index contributed by atoms with van der Waals surface area (Å²) in [6.45, 7) is 7.93. The molecule has 0 spiro atoms. The van der Waals surface area contributed by atoms with Crippen molar-refractivity contribution in [1.29, 1.82) is 0 Å². The van der Waals surface area contributed by atoms with E-state index in [4.69, 9.17) is 0 Å². The van der Waals surface area contributed by atoms with Gasteiger partial charge in [-0.15, -0.1) is 0 Å². The first-order valence-corrected chi connectivity index (χ1v) is 4.57. The summed E-state index contributed by atoms with van der Waals surface area (Å²) in [6, 6.07) is 0. The second-order valence-electron chi connectivity index (χ2n) is 2.65. The third kappa shape index (κ3) is 1.66. The third-order valence-electron chi connectivity index (χ3n) is 1.90. The van der Waals surface area contributed by atoms with Crippen LogP contribution in [0.5, 0.6) is 0 Å². The van der Waals surface area contributed by atoms with Gasteiger partial charge in [0.1, 0.15) is 5.82 Å². The highest BCUT2D eigenvalue weighted by Crippen LogP contribution is 2.26. The maximum absolute atomic E-state index is 3.93. The molecule has 2 heterocycles. The van der Waals surface area contributed by atoms with E-state index in [0.29, 0.717) is 0 Å². The SMILES string of the molecule is C=C1N(C)C=C2C=CC=CN12.CC. The van der Waals surface area contributed by atoms with E-state index in [1.165, 1.54) is 5.70 Å². The van der Waals surface area contributed by atoms with Crippen LogP contribution < -0.4 is 0 Å². The van der Waals surface area contributed by atoms with Crippen LogP contribution in [-0.4, -0.2) is 16.8 Å². The van der Waals surface area contributed by atoms with Crippen LogP contribution in [0, 0.1) is 0 Å². The Balaban J connectivity index is 0.000000396. The molecule has 13 heavy (non-hydrogen) atoms. The van der Waals surface area contributed by atoms with Gasteiger partial charge in [-0.25, -0.2) is 0 Å². The first kappa shape index (κ1) is 9.65. The van der Waals surface area contributed by atoms with Crippen molar-refractivity contribution in [1.82, 2.24) is 9.80 Å². The molecule has 0 unspecified atom stereocenters. The van der Waals surface area contributed by atoms with E-state index >= 15 is 0 Å². The van der Waals surface area contributed by atoms with Crippen LogP contribution >= 0.6 is 0 Å². The predicted octanol–water partition coefficient (Wildman–Crippen LogP) is 2.66. The van der Waals surface area contributed by atoms with Gasteiger partial charge in [0, 0.05) is 19.4 Å². The van der Waals surface area contributed by atoms with Gasteiger partial charge in [-0.05, 0) is 12.2 Å². The summed E-state index contributed by atoms with van der Waals surface area (Å²) >= 11 is 0. The molecule has 0 aliphatic carbocycles. The predicted molar refractivity (Wildman–Crippen MR) is 56.5 cm³/mol. The lowest BCUT2D eigenvalue weighted by Gasteiger charge is -2.20. The summed E-state index contributed by atoms with van der Waals surface area (Å²) in [6.07, 6.45) is 10.2. The van der Waals surface area contributed by atoms with Gasteiger partial charge in [0.05, 0.1) is 5.70 Å². The summed E-state index contributed by atoms with van der Waals surface area (Å²) in [5, 5.41) is 0. The van der Waals surface area contributed by atoms with E-state index in [1.807, 2.05) is 44.1 Å². The van der Waals surface area contributed by atoms with Gasteiger partial charge in [0.25, 0.3) is 0 Å². The van der Waals surface area contributed by atoms with Crippen LogP contribution in [-0.2, 0) is 0 Å². The average Bonchev–Trinajstić information content (AvgIpc) is 2.47. The summed E-state index contributed by atoms with van der Waals surface area (Å²) in [5.41, 5.74) is 1.18. The van der Waals surface area contributed by atoms with Crippen LogP contribution in [0.25, 0.3) is 0 Å². The second-order valence-corrected chi connectivity index (χ2v) is 2.65. The van der Waals surface area contributed by atoms with Crippen molar-refractivity contribution in [2.24, 2.45) is 0 Å².